The molecule has 0 saturated heterocycles. The van der Waals surface area contributed by atoms with Crippen LogP contribution >= 0.6 is 11.8 Å². The average Bonchev–Trinajstić information content (AvgIpc) is 2.70. The molecule has 2 rings (SSSR count). The van der Waals surface area contributed by atoms with Gasteiger partial charge >= 0.3 is 0 Å². The number of hydrogen-bond donors (Lipinski definition) is 1. The highest BCUT2D eigenvalue weighted by Crippen LogP contribution is 2.37. The Kier molecular flexibility index (Phi) is 4.65. The largest absolute Gasteiger partial charge is 0.330 e. The van der Waals surface area contributed by atoms with E-state index in [1.54, 1.807) is 0 Å². The lowest BCUT2D eigenvalue weighted by molar-refractivity contribution is 0.639. The smallest absolute Gasteiger partial charge is 0.0360 e. The highest BCUT2D eigenvalue weighted by atomic mass is 32.2. The van der Waals surface area contributed by atoms with Crippen LogP contribution in [-0.2, 0) is 17.2 Å². The molecule has 17 heavy (non-hydrogen) atoms. The molecule has 1 aliphatic rings. The third kappa shape index (κ3) is 3.57. The summed E-state index contributed by atoms with van der Waals surface area (Å²) < 4.78 is 12.0. The Labute approximate surface area is 110 Å². The van der Waals surface area contributed by atoms with E-state index in [1.165, 1.54) is 10.5 Å². The number of nitrogens with two attached hydrogens (primary N) is 1. The van der Waals surface area contributed by atoms with E-state index in [4.69, 9.17) is 5.73 Å². The summed E-state index contributed by atoms with van der Waals surface area (Å²) in [7, 11) is -0.729. The second-order valence-electron chi connectivity index (χ2n) is 4.67. The summed E-state index contributed by atoms with van der Waals surface area (Å²) in [4.78, 5) is 1.36. The van der Waals surface area contributed by atoms with Crippen LogP contribution in [0.4, 0.5) is 0 Å². The second-order valence-corrected chi connectivity index (χ2v) is 7.55. The van der Waals surface area contributed by atoms with E-state index < -0.39 is 10.8 Å². The van der Waals surface area contributed by atoms with Crippen LogP contribution in [0.5, 0.6) is 0 Å². The third-order valence-corrected chi connectivity index (χ3v) is 6.20. The molecule has 94 valence electrons. The maximum Gasteiger partial charge on any atom is 0.0360 e. The zero-order chi connectivity index (χ0) is 12.3. The fourth-order valence-corrected chi connectivity index (χ4v) is 5.26. The van der Waals surface area contributed by atoms with E-state index in [9.17, 15) is 4.21 Å². The molecule has 3 atom stereocenters. The number of fused-ring (bicyclic) bond motifs is 1. The Balaban J connectivity index is 1.85. The third-order valence-electron chi connectivity index (χ3n) is 2.96. The monoisotopic (exact) mass is 269 g/mol. The van der Waals surface area contributed by atoms with Crippen LogP contribution in [0.1, 0.15) is 12.5 Å². The summed E-state index contributed by atoms with van der Waals surface area (Å²) >= 11 is 1.87. The van der Waals surface area contributed by atoms with Gasteiger partial charge in [0, 0.05) is 32.5 Å². The molecular formula is C13H19NOS2. The number of hydrogen-bond acceptors (Lipinski definition) is 3. The van der Waals surface area contributed by atoms with Crippen molar-refractivity contribution in [1.82, 2.24) is 0 Å². The van der Waals surface area contributed by atoms with Crippen LogP contribution in [0, 0.1) is 5.92 Å². The van der Waals surface area contributed by atoms with Gasteiger partial charge in [-0.2, -0.15) is 0 Å². The Morgan fingerprint density at radius 2 is 2.29 bits per heavy atom. The van der Waals surface area contributed by atoms with Crippen molar-refractivity contribution >= 4 is 22.6 Å². The van der Waals surface area contributed by atoms with Crippen molar-refractivity contribution in [2.75, 3.05) is 18.1 Å². The standard InChI is InChI=1S/C13H19NOS2/c1-10(7-14)8-17(15)9-12-6-11-4-2-3-5-13(11)16-12/h2-5,10,12H,6-9,14H2,1H3. The molecular weight excluding hydrogens is 250 g/mol. The molecule has 3 unspecified atom stereocenters. The van der Waals surface area contributed by atoms with E-state index in [2.05, 4.69) is 31.2 Å². The van der Waals surface area contributed by atoms with E-state index in [0.717, 1.165) is 17.9 Å². The van der Waals surface area contributed by atoms with Gasteiger partial charge < -0.3 is 5.73 Å². The lowest BCUT2D eigenvalue weighted by Gasteiger charge is -2.11. The van der Waals surface area contributed by atoms with Gasteiger partial charge in [0.1, 0.15) is 0 Å². The molecule has 4 heteroatoms. The van der Waals surface area contributed by atoms with Crippen LogP contribution in [0.15, 0.2) is 29.2 Å². The molecule has 1 heterocycles. The zero-order valence-corrected chi connectivity index (χ0v) is 11.7. The van der Waals surface area contributed by atoms with E-state index in [-0.39, 0.29) is 0 Å². The molecule has 2 nitrogen and oxygen atoms in total. The predicted octanol–water partition coefficient (Wildman–Crippen LogP) is 2.05. The van der Waals surface area contributed by atoms with Crippen molar-refractivity contribution < 1.29 is 4.21 Å². The van der Waals surface area contributed by atoms with Crippen molar-refractivity contribution in [1.29, 1.82) is 0 Å². The summed E-state index contributed by atoms with van der Waals surface area (Å²) in [5.74, 6) is 1.90. The van der Waals surface area contributed by atoms with Gasteiger partial charge in [0.2, 0.25) is 0 Å². The van der Waals surface area contributed by atoms with Crippen LogP contribution in [0.25, 0.3) is 0 Å². The first kappa shape index (κ1) is 13.1. The van der Waals surface area contributed by atoms with Gasteiger partial charge in [-0.15, -0.1) is 11.8 Å². The lowest BCUT2D eigenvalue weighted by atomic mass is 10.1. The van der Waals surface area contributed by atoms with Gasteiger partial charge in [-0.05, 0) is 30.5 Å². The predicted molar refractivity (Wildman–Crippen MR) is 75.9 cm³/mol. The summed E-state index contributed by atoms with van der Waals surface area (Å²) in [6, 6.07) is 8.48. The number of thioether (sulfide) groups is 1. The number of benzene rings is 1. The average molecular weight is 269 g/mol. The highest BCUT2D eigenvalue weighted by Gasteiger charge is 2.23. The topological polar surface area (TPSA) is 43.1 Å². The molecule has 1 aliphatic heterocycles. The molecule has 0 spiro atoms. The first-order valence-corrected chi connectivity index (χ1v) is 8.35. The van der Waals surface area contributed by atoms with Crippen LogP contribution in [0.2, 0.25) is 0 Å². The zero-order valence-electron chi connectivity index (χ0n) is 10.1. The normalized spacial score (nSPS) is 22.1. The second kappa shape index (κ2) is 6.03. The molecule has 0 amide bonds. The van der Waals surface area contributed by atoms with E-state index >= 15 is 0 Å². The molecule has 0 saturated carbocycles. The van der Waals surface area contributed by atoms with Gasteiger partial charge in [-0.1, -0.05) is 25.1 Å². The molecule has 2 N–H and O–H groups in total. The summed E-state index contributed by atoms with van der Waals surface area (Å²) in [6.07, 6.45) is 1.06. The molecule has 1 aromatic rings. The Hall–Kier alpha value is -0.320. The SMILES string of the molecule is CC(CN)CS(=O)CC1Cc2ccccc2S1. The minimum Gasteiger partial charge on any atom is -0.330 e. The van der Waals surface area contributed by atoms with Crippen molar-refractivity contribution in [3.05, 3.63) is 29.8 Å². The van der Waals surface area contributed by atoms with Gasteiger partial charge in [0.05, 0.1) is 0 Å². The summed E-state index contributed by atoms with van der Waals surface area (Å²) in [5.41, 5.74) is 6.97. The van der Waals surface area contributed by atoms with E-state index in [0.29, 0.717) is 17.7 Å². The molecule has 0 bridgehead atoms. The first-order valence-electron chi connectivity index (χ1n) is 5.98. The minimum atomic E-state index is -0.729. The highest BCUT2D eigenvalue weighted by molar-refractivity contribution is 8.01. The molecule has 0 aliphatic carbocycles. The molecule has 0 aromatic heterocycles. The Morgan fingerprint density at radius 1 is 1.53 bits per heavy atom. The Morgan fingerprint density at radius 3 is 3.00 bits per heavy atom. The van der Waals surface area contributed by atoms with Gasteiger partial charge in [0.15, 0.2) is 0 Å². The first-order chi connectivity index (χ1) is 8.19. The van der Waals surface area contributed by atoms with Crippen molar-refractivity contribution in [2.45, 2.75) is 23.5 Å². The van der Waals surface area contributed by atoms with E-state index in [1.807, 2.05) is 11.8 Å². The van der Waals surface area contributed by atoms with Crippen LogP contribution < -0.4 is 5.73 Å². The van der Waals surface area contributed by atoms with Gasteiger partial charge in [-0.3, -0.25) is 4.21 Å². The van der Waals surface area contributed by atoms with Gasteiger partial charge in [0.25, 0.3) is 0 Å². The van der Waals surface area contributed by atoms with Crippen molar-refractivity contribution in [2.24, 2.45) is 11.7 Å². The fourth-order valence-electron chi connectivity index (χ4n) is 2.01. The lowest BCUT2D eigenvalue weighted by Crippen LogP contribution is -2.22. The van der Waals surface area contributed by atoms with Crippen LogP contribution in [0.3, 0.4) is 0 Å². The van der Waals surface area contributed by atoms with Gasteiger partial charge in [-0.25, -0.2) is 0 Å². The maximum absolute atomic E-state index is 12.0. The molecule has 0 radical (unpaired) electrons. The number of rotatable bonds is 5. The van der Waals surface area contributed by atoms with Crippen molar-refractivity contribution in [3.63, 3.8) is 0 Å². The van der Waals surface area contributed by atoms with Crippen molar-refractivity contribution in [3.8, 4) is 0 Å². The Bertz CT molecular complexity index is 383. The molecule has 1 aromatic carbocycles. The minimum absolute atomic E-state index is 0.365. The molecule has 0 fully saturated rings. The fraction of sp³-hybridized carbons (Fsp3) is 0.538. The summed E-state index contributed by atoms with van der Waals surface area (Å²) in [5, 5.41) is 0.484. The quantitative estimate of drug-likeness (QED) is 0.889. The van der Waals surface area contributed by atoms with Crippen LogP contribution in [-0.4, -0.2) is 27.5 Å². The summed E-state index contributed by atoms with van der Waals surface area (Å²) in [6.45, 7) is 2.69. The maximum atomic E-state index is 12.0.